The smallest absolute Gasteiger partial charge is 0.240 e. The maximum absolute atomic E-state index is 14.5. The molecule has 4 aliphatic rings. The molecule has 1 saturated heterocycles. The highest BCUT2D eigenvalue weighted by Crippen LogP contribution is 2.57. The second-order valence-corrected chi connectivity index (χ2v) is 17.5. The number of nitrogens with one attached hydrogen (secondary N) is 1. The molecule has 264 valence electrons. The van der Waals surface area contributed by atoms with Gasteiger partial charge in [-0.05, 0) is 79.0 Å². The predicted octanol–water partition coefficient (Wildman–Crippen LogP) is 4.77. The summed E-state index contributed by atoms with van der Waals surface area (Å²) in [6, 6.07) is 6.42. The van der Waals surface area contributed by atoms with Crippen molar-refractivity contribution in [1.29, 1.82) is 0 Å². The molecule has 49 heavy (non-hydrogen) atoms. The van der Waals surface area contributed by atoms with Crippen molar-refractivity contribution < 1.29 is 37.1 Å². The fourth-order valence-corrected chi connectivity index (χ4v) is 8.55. The summed E-state index contributed by atoms with van der Waals surface area (Å²) in [6.07, 6.45) is 6.39. The Bertz CT molecular complexity index is 1780. The number of allylic oxidation sites excluding steroid dienone is 1. The van der Waals surface area contributed by atoms with E-state index in [0.29, 0.717) is 43.2 Å². The van der Waals surface area contributed by atoms with Crippen LogP contribution in [0.25, 0.3) is 10.8 Å². The number of hydrogen-bond acceptors (Lipinski definition) is 9. The third kappa shape index (κ3) is 7.54. The van der Waals surface area contributed by atoms with E-state index < -0.39 is 50.1 Å². The highest BCUT2D eigenvalue weighted by molar-refractivity contribution is 7.90. The summed E-state index contributed by atoms with van der Waals surface area (Å²) in [5.74, 6) is -0.932. The number of Topliss-reactive ketones (excluding diaryl/α,β-unsaturated/α-hetero) is 2. The lowest BCUT2D eigenvalue weighted by molar-refractivity contribution is -0.146. The molecule has 2 heterocycles. The zero-order valence-electron chi connectivity index (χ0n) is 28.8. The number of likely N-dealkylation sites (tertiary alicyclic amines) is 1. The molecule has 6 rings (SSSR count). The molecule has 11 nitrogen and oxygen atoms in total. The quantitative estimate of drug-likeness (QED) is 0.260. The number of benzene rings is 1. The lowest BCUT2D eigenvalue weighted by Crippen LogP contribution is -2.48. The number of nitrogens with zero attached hydrogens (tertiary/aromatic N) is 2. The van der Waals surface area contributed by atoms with Gasteiger partial charge in [-0.15, -0.1) is 6.58 Å². The Morgan fingerprint density at radius 2 is 1.88 bits per heavy atom. The van der Waals surface area contributed by atoms with Crippen LogP contribution < -0.4 is 14.2 Å². The average Bonchev–Trinajstić information content (AvgIpc) is 3.94. The highest BCUT2D eigenvalue weighted by atomic mass is 32.2. The zero-order valence-corrected chi connectivity index (χ0v) is 29.6. The van der Waals surface area contributed by atoms with Crippen molar-refractivity contribution in [2.75, 3.05) is 13.7 Å². The number of hydrogen-bond donors (Lipinski definition) is 1. The molecule has 0 spiro atoms. The lowest BCUT2D eigenvalue weighted by Gasteiger charge is -2.35. The molecule has 1 aromatic carbocycles. The van der Waals surface area contributed by atoms with Gasteiger partial charge in [0.2, 0.25) is 27.7 Å². The van der Waals surface area contributed by atoms with E-state index in [2.05, 4.69) is 16.3 Å². The van der Waals surface area contributed by atoms with E-state index >= 15 is 0 Å². The number of fused-ring (bicyclic) bond motifs is 1. The van der Waals surface area contributed by atoms with Crippen molar-refractivity contribution in [3.63, 3.8) is 0 Å². The summed E-state index contributed by atoms with van der Waals surface area (Å²) in [4.78, 5) is 61.4. The van der Waals surface area contributed by atoms with Crippen molar-refractivity contribution >= 4 is 44.2 Å². The van der Waals surface area contributed by atoms with Crippen molar-refractivity contribution in [2.24, 2.45) is 28.6 Å². The summed E-state index contributed by atoms with van der Waals surface area (Å²) >= 11 is 0. The molecule has 0 radical (unpaired) electrons. The predicted molar refractivity (Wildman–Crippen MR) is 183 cm³/mol. The van der Waals surface area contributed by atoms with Crippen molar-refractivity contribution in [2.45, 2.75) is 96.0 Å². The number of ether oxygens (including phenoxy) is 2. The lowest BCUT2D eigenvalue weighted by atomic mass is 9.76. The minimum atomic E-state index is -3.83. The molecule has 1 unspecified atom stereocenters. The van der Waals surface area contributed by atoms with Gasteiger partial charge in [-0.1, -0.05) is 26.8 Å². The molecule has 3 aliphatic carbocycles. The third-order valence-electron chi connectivity index (χ3n) is 10.7. The zero-order chi connectivity index (χ0) is 35.3. The molecule has 12 heteroatoms. The summed E-state index contributed by atoms with van der Waals surface area (Å²) in [6.45, 7) is 9.68. The van der Waals surface area contributed by atoms with Crippen LogP contribution in [-0.4, -0.2) is 72.7 Å². The van der Waals surface area contributed by atoms with E-state index in [1.165, 1.54) is 4.90 Å². The molecule has 2 aromatic rings. The minimum Gasteiger partial charge on any atom is -0.497 e. The molecular weight excluding hydrogens is 646 g/mol. The Kier molecular flexibility index (Phi) is 9.40. The Morgan fingerprint density at radius 1 is 1.14 bits per heavy atom. The van der Waals surface area contributed by atoms with Gasteiger partial charge in [0, 0.05) is 43.2 Å². The maximum atomic E-state index is 14.5. The first kappa shape index (κ1) is 35.0. The first-order valence-electron chi connectivity index (χ1n) is 17.3. The third-order valence-corrected chi connectivity index (χ3v) is 12.5. The van der Waals surface area contributed by atoms with Gasteiger partial charge in [-0.25, -0.2) is 13.4 Å². The molecule has 4 fully saturated rings. The van der Waals surface area contributed by atoms with Gasteiger partial charge < -0.3 is 14.4 Å². The van der Waals surface area contributed by atoms with E-state index in [9.17, 15) is 27.6 Å². The Balaban J connectivity index is 1.27. The monoisotopic (exact) mass is 693 g/mol. The standard InChI is InChI=1S/C37H47N3O8S/c1-6-24-19-37(24,35(44)39-49(45,46)28-10-11-28)20-32(42)31-18-27(48-33-29-12-9-26(47-5)16-23(29)13-14-38-33)21-40(31)34(43)30(36(2,3)4)17-25(41)15-22-7-8-22/h6,9,12-14,16,22,24,27-28,30-31H,1,7-8,10-11,15,17-21H2,2-5H3,(H,39,44)/t24-,27?,30-,31+,37-/m1/s1. The van der Waals surface area contributed by atoms with Gasteiger partial charge in [-0.2, -0.15) is 0 Å². The highest BCUT2D eigenvalue weighted by Gasteiger charge is 2.61. The second-order valence-electron chi connectivity index (χ2n) is 15.5. The molecule has 1 aromatic heterocycles. The maximum Gasteiger partial charge on any atom is 0.240 e. The molecule has 5 atom stereocenters. The van der Waals surface area contributed by atoms with Crippen LogP contribution in [-0.2, 0) is 29.2 Å². The molecule has 2 amide bonds. The van der Waals surface area contributed by atoms with Crippen LogP contribution in [0.15, 0.2) is 43.1 Å². The topological polar surface area (TPSA) is 149 Å². The summed E-state index contributed by atoms with van der Waals surface area (Å²) in [7, 11) is -2.24. The molecule has 1 N–H and O–H groups in total. The SMILES string of the molecule is C=C[C@@H]1C[C@]1(CC(=O)[C@@H]1CC(Oc2nccc3cc(OC)ccc23)CN1C(=O)[C@@H](CC(=O)CC1CC1)C(C)(C)C)C(=O)NS(=O)(=O)C1CC1. The summed E-state index contributed by atoms with van der Waals surface area (Å²) < 4.78 is 39.4. The number of carbonyl (C=O) groups is 4. The number of aromatic nitrogens is 1. The fourth-order valence-electron chi connectivity index (χ4n) is 7.17. The Morgan fingerprint density at radius 3 is 2.49 bits per heavy atom. The Labute approximate surface area is 288 Å². The number of ketones is 2. The second kappa shape index (κ2) is 13.2. The number of amides is 2. The van der Waals surface area contributed by atoms with Crippen LogP contribution in [0.1, 0.15) is 78.6 Å². The van der Waals surface area contributed by atoms with Crippen molar-refractivity contribution in [3.05, 3.63) is 43.1 Å². The van der Waals surface area contributed by atoms with Gasteiger partial charge >= 0.3 is 0 Å². The average molecular weight is 694 g/mol. The minimum absolute atomic E-state index is 0.0420. The van der Waals surface area contributed by atoms with Gasteiger partial charge in [0.25, 0.3) is 0 Å². The number of carbonyl (C=O) groups excluding carboxylic acids is 4. The first-order valence-corrected chi connectivity index (χ1v) is 18.8. The van der Waals surface area contributed by atoms with E-state index in [1.54, 1.807) is 25.4 Å². The Hall–Kier alpha value is -3.80. The number of rotatable bonds is 15. The van der Waals surface area contributed by atoms with E-state index in [-0.39, 0.29) is 49.2 Å². The van der Waals surface area contributed by atoms with Crippen LogP contribution in [0.3, 0.4) is 0 Å². The molecule has 0 bridgehead atoms. The molecule has 1 aliphatic heterocycles. The van der Waals surface area contributed by atoms with E-state index in [0.717, 1.165) is 23.6 Å². The number of sulfonamides is 1. The molecule has 3 saturated carbocycles. The van der Waals surface area contributed by atoms with Crippen LogP contribution in [0.2, 0.25) is 0 Å². The molecular formula is C37H47N3O8S. The van der Waals surface area contributed by atoms with Gasteiger partial charge in [0.05, 0.1) is 30.4 Å². The fraction of sp³-hybridized carbons (Fsp3) is 0.595. The first-order chi connectivity index (χ1) is 23.1. The van der Waals surface area contributed by atoms with Gasteiger partial charge in [0.1, 0.15) is 17.6 Å². The number of methoxy groups -OCH3 is 1. The van der Waals surface area contributed by atoms with E-state index in [1.807, 2.05) is 39.0 Å². The van der Waals surface area contributed by atoms with Crippen LogP contribution >= 0.6 is 0 Å². The summed E-state index contributed by atoms with van der Waals surface area (Å²) in [5, 5.41) is 1.00. The van der Waals surface area contributed by atoms with Crippen LogP contribution in [0.5, 0.6) is 11.6 Å². The summed E-state index contributed by atoms with van der Waals surface area (Å²) in [5.41, 5.74) is -1.82. The van der Waals surface area contributed by atoms with Crippen LogP contribution in [0.4, 0.5) is 0 Å². The number of pyridine rings is 1. The normalized spacial score (nSPS) is 25.8. The van der Waals surface area contributed by atoms with Crippen molar-refractivity contribution in [3.8, 4) is 11.6 Å². The van der Waals surface area contributed by atoms with Crippen LogP contribution in [0, 0.1) is 28.6 Å². The van der Waals surface area contributed by atoms with E-state index in [4.69, 9.17) is 9.47 Å². The van der Waals surface area contributed by atoms with Crippen molar-refractivity contribution in [1.82, 2.24) is 14.6 Å². The largest absolute Gasteiger partial charge is 0.497 e. The van der Waals surface area contributed by atoms with Gasteiger partial charge in [-0.3, -0.25) is 23.9 Å². The van der Waals surface area contributed by atoms with Gasteiger partial charge in [0.15, 0.2) is 5.78 Å².